The molecule has 0 aliphatic heterocycles. The number of rotatable bonds is 3. The summed E-state index contributed by atoms with van der Waals surface area (Å²) >= 11 is 0. The normalized spacial score (nSPS) is 12.1. The van der Waals surface area contributed by atoms with Crippen LogP contribution in [0.15, 0.2) is 12.1 Å². The molecule has 3 N–H and O–H groups in total. The Kier molecular flexibility index (Phi) is 5.40. The molecular formula is C9H11ClF3NO2. The number of halogens is 4. The van der Waals surface area contributed by atoms with Crippen LogP contribution in [0.3, 0.4) is 0 Å². The summed E-state index contributed by atoms with van der Waals surface area (Å²) in [5, 5.41) is 9.43. The molecule has 1 atom stereocenters. The van der Waals surface area contributed by atoms with E-state index in [1.807, 2.05) is 0 Å². The summed E-state index contributed by atoms with van der Waals surface area (Å²) in [6.07, 6.45) is -2.89. The third kappa shape index (κ3) is 2.93. The Bertz CT molecular complexity index is 363. The summed E-state index contributed by atoms with van der Waals surface area (Å²) in [7, 11) is 1.19. The van der Waals surface area contributed by atoms with Crippen LogP contribution in [0.2, 0.25) is 0 Å². The van der Waals surface area contributed by atoms with E-state index in [4.69, 9.17) is 5.73 Å². The number of methoxy groups -OCH3 is 1. The van der Waals surface area contributed by atoms with Crippen LogP contribution in [0.5, 0.6) is 11.5 Å². The van der Waals surface area contributed by atoms with E-state index in [-0.39, 0.29) is 23.7 Å². The molecular weight excluding hydrogens is 247 g/mol. The number of nitrogens with two attached hydrogens (primary N) is 1. The molecule has 0 heterocycles. The van der Waals surface area contributed by atoms with Crippen molar-refractivity contribution < 1.29 is 23.0 Å². The second-order valence-corrected chi connectivity index (χ2v) is 2.91. The first kappa shape index (κ1) is 14.9. The van der Waals surface area contributed by atoms with E-state index in [9.17, 15) is 18.3 Å². The van der Waals surface area contributed by atoms with Gasteiger partial charge in [-0.2, -0.15) is 0 Å². The lowest BCUT2D eigenvalue weighted by atomic mass is 10.1. The lowest BCUT2D eigenvalue weighted by Crippen LogP contribution is -2.19. The van der Waals surface area contributed by atoms with Crippen molar-refractivity contribution >= 4 is 12.4 Å². The Morgan fingerprint density at radius 3 is 2.38 bits per heavy atom. The Hall–Kier alpha value is -1.14. The molecule has 0 fully saturated rings. The molecule has 1 rings (SSSR count). The number of alkyl halides is 2. The molecule has 0 spiro atoms. The van der Waals surface area contributed by atoms with Gasteiger partial charge in [0.25, 0.3) is 6.43 Å². The zero-order valence-electron chi connectivity index (χ0n) is 8.28. The van der Waals surface area contributed by atoms with E-state index in [0.717, 1.165) is 12.1 Å². The second-order valence-electron chi connectivity index (χ2n) is 2.91. The number of phenolic OH excluding ortho intramolecular Hbond substituents is 1. The largest absolute Gasteiger partial charge is 0.504 e. The predicted octanol–water partition coefficient (Wildman–Crippen LogP) is 2.23. The second kappa shape index (κ2) is 5.81. The van der Waals surface area contributed by atoms with E-state index < -0.39 is 24.0 Å². The number of phenols is 1. The summed E-state index contributed by atoms with van der Waals surface area (Å²) in [6, 6.07) is -0.0966. The molecule has 0 unspecified atom stereocenters. The lowest BCUT2D eigenvalue weighted by molar-refractivity contribution is 0.115. The van der Waals surface area contributed by atoms with Crippen molar-refractivity contribution in [3.63, 3.8) is 0 Å². The van der Waals surface area contributed by atoms with E-state index in [0.29, 0.717) is 0 Å². The van der Waals surface area contributed by atoms with E-state index in [2.05, 4.69) is 4.74 Å². The van der Waals surface area contributed by atoms with Gasteiger partial charge in [0.2, 0.25) is 0 Å². The van der Waals surface area contributed by atoms with Crippen molar-refractivity contribution in [2.45, 2.75) is 12.5 Å². The molecule has 0 aromatic heterocycles. The van der Waals surface area contributed by atoms with Gasteiger partial charge in [0.1, 0.15) is 5.82 Å². The zero-order chi connectivity index (χ0) is 11.6. The first-order valence-electron chi connectivity index (χ1n) is 4.07. The summed E-state index contributed by atoms with van der Waals surface area (Å²) < 4.78 is 42.1. The fourth-order valence-electron chi connectivity index (χ4n) is 1.14. The molecule has 0 radical (unpaired) electrons. The Balaban J connectivity index is 0.00000225. The summed E-state index contributed by atoms with van der Waals surface area (Å²) in [6.45, 7) is 0. The van der Waals surface area contributed by atoms with Gasteiger partial charge in [-0.15, -0.1) is 12.4 Å². The van der Waals surface area contributed by atoms with Gasteiger partial charge in [0, 0.05) is 11.6 Å². The highest BCUT2D eigenvalue weighted by Crippen LogP contribution is 2.35. The quantitative estimate of drug-likeness (QED) is 0.873. The topological polar surface area (TPSA) is 55.5 Å². The van der Waals surface area contributed by atoms with Crippen LogP contribution < -0.4 is 10.5 Å². The third-order valence-electron chi connectivity index (χ3n) is 1.92. The average molecular weight is 258 g/mol. The SMILES string of the molecule is COc1cc(F)cc([C@@H](N)C(F)F)c1O.Cl. The maximum absolute atomic E-state index is 12.9. The van der Waals surface area contributed by atoms with Crippen LogP contribution in [0.1, 0.15) is 11.6 Å². The minimum Gasteiger partial charge on any atom is -0.504 e. The van der Waals surface area contributed by atoms with E-state index in [1.54, 1.807) is 0 Å². The molecule has 16 heavy (non-hydrogen) atoms. The number of hydrogen-bond acceptors (Lipinski definition) is 3. The number of benzene rings is 1. The van der Waals surface area contributed by atoms with Crippen LogP contribution in [0, 0.1) is 5.82 Å². The van der Waals surface area contributed by atoms with E-state index in [1.165, 1.54) is 7.11 Å². The van der Waals surface area contributed by atoms with Crippen LogP contribution in [-0.2, 0) is 0 Å². The molecule has 0 bridgehead atoms. The maximum atomic E-state index is 12.9. The maximum Gasteiger partial charge on any atom is 0.257 e. The zero-order valence-corrected chi connectivity index (χ0v) is 9.10. The number of aromatic hydroxyl groups is 1. The smallest absolute Gasteiger partial charge is 0.257 e. The van der Waals surface area contributed by atoms with Gasteiger partial charge in [0.05, 0.1) is 13.2 Å². The molecule has 1 aromatic rings. The minimum atomic E-state index is -2.89. The molecule has 7 heteroatoms. The van der Waals surface area contributed by atoms with Gasteiger partial charge >= 0.3 is 0 Å². The van der Waals surface area contributed by atoms with Crippen LogP contribution in [-0.4, -0.2) is 18.6 Å². The molecule has 3 nitrogen and oxygen atoms in total. The van der Waals surface area contributed by atoms with Crippen LogP contribution in [0.4, 0.5) is 13.2 Å². The molecule has 0 aliphatic rings. The Labute approximate surface area is 96.4 Å². The van der Waals surface area contributed by atoms with Gasteiger partial charge in [-0.3, -0.25) is 0 Å². The highest BCUT2D eigenvalue weighted by molar-refractivity contribution is 5.85. The van der Waals surface area contributed by atoms with Gasteiger partial charge in [-0.1, -0.05) is 0 Å². The highest BCUT2D eigenvalue weighted by atomic mass is 35.5. The van der Waals surface area contributed by atoms with Crippen molar-refractivity contribution in [3.05, 3.63) is 23.5 Å². The van der Waals surface area contributed by atoms with Crippen molar-refractivity contribution in [1.29, 1.82) is 0 Å². The number of hydrogen-bond donors (Lipinski definition) is 2. The first-order valence-corrected chi connectivity index (χ1v) is 4.07. The predicted molar refractivity (Wildman–Crippen MR) is 54.8 cm³/mol. The molecule has 0 saturated heterocycles. The molecule has 92 valence electrons. The Morgan fingerprint density at radius 1 is 1.38 bits per heavy atom. The fourth-order valence-corrected chi connectivity index (χ4v) is 1.14. The van der Waals surface area contributed by atoms with Crippen molar-refractivity contribution in [3.8, 4) is 11.5 Å². The molecule has 0 saturated carbocycles. The van der Waals surface area contributed by atoms with Gasteiger partial charge in [0.15, 0.2) is 11.5 Å². The van der Waals surface area contributed by atoms with Crippen LogP contribution >= 0.6 is 12.4 Å². The lowest BCUT2D eigenvalue weighted by Gasteiger charge is -2.14. The Morgan fingerprint density at radius 2 is 1.94 bits per heavy atom. The summed E-state index contributed by atoms with van der Waals surface area (Å²) in [5.74, 6) is -1.58. The highest BCUT2D eigenvalue weighted by Gasteiger charge is 2.23. The molecule has 0 amide bonds. The molecule has 0 aliphatic carbocycles. The number of ether oxygens (including phenoxy) is 1. The van der Waals surface area contributed by atoms with Gasteiger partial charge in [-0.25, -0.2) is 13.2 Å². The summed E-state index contributed by atoms with van der Waals surface area (Å²) in [4.78, 5) is 0. The van der Waals surface area contributed by atoms with Crippen molar-refractivity contribution in [1.82, 2.24) is 0 Å². The standard InChI is InChI=1S/C9H10F3NO2.ClH/c1-15-6-3-4(10)2-5(8(6)14)7(13)9(11)12;/h2-3,7,9,14H,13H2,1H3;1H/t7-;/m1./s1. The van der Waals surface area contributed by atoms with Crippen molar-refractivity contribution in [2.24, 2.45) is 5.73 Å². The third-order valence-corrected chi connectivity index (χ3v) is 1.92. The van der Waals surface area contributed by atoms with Gasteiger partial charge in [-0.05, 0) is 6.07 Å². The fraction of sp³-hybridized carbons (Fsp3) is 0.333. The van der Waals surface area contributed by atoms with Crippen molar-refractivity contribution in [2.75, 3.05) is 7.11 Å². The first-order chi connectivity index (χ1) is 6.97. The van der Waals surface area contributed by atoms with Gasteiger partial charge < -0.3 is 15.6 Å². The molecule has 1 aromatic carbocycles. The average Bonchev–Trinajstić information content (AvgIpc) is 2.19. The minimum absolute atomic E-state index is 0. The van der Waals surface area contributed by atoms with Crippen LogP contribution in [0.25, 0.3) is 0 Å². The van der Waals surface area contributed by atoms with E-state index >= 15 is 0 Å². The monoisotopic (exact) mass is 257 g/mol. The summed E-state index contributed by atoms with van der Waals surface area (Å²) in [5.41, 5.74) is 4.73.